The predicted molar refractivity (Wildman–Crippen MR) is 219 cm³/mol. The van der Waals surface area contributed by atoms with E-state index in [4.69, 9.17) is 23.8 Å². The Hall–Kier alpha value is -1.26. The van der Waals surface area contributed by atoms with Gasteiger partial charge in [-0.05, 0) is 19.3 Å². The van der Waals surface area contributed by atoms with Gasteiger partial charge in [0.25, 0.3) is 0 Å². The SMILES string of the molecule is CCCCCCCCCCCCCCCCCC(=O)OCCCOC1OC(CS(=O)(=O)[O-])C(OC(=O)CCNOC(=O)CCCC[C@@H]2SC[C@@H]3NC(=O)N[C@@H]32)C(O)C1O.[Na+]. The van der Waals surface area contributed by atoms with Crippen LogP contribution in [0.15, 0.2) is 0 Å². The maximum Gasteiger partial charge on any atom is 1.00 e. The molecule has 3 fully saturated rings. The minimum absolute atomic E-state index is 0. The second-order valence-electron chi connectivity index (χ2n) is 15.8. The molecule has 0 radical (unpaired) electrons. The predicted octanol–water partition coefficient (Wildman–Crippen LogP) is 1.27. The Morgan fingerprint density at radius 1 is 0.800 bits per heavy atom. The van der Waals surface area contributed by atoms with Crippen LogP contribution >= 0.6 is 11.8 Å². The molecule has 60 heavy (non-hydrogen) atoms. The zero-order valence-electron chi connectivity index (χ0n) is 35.8. The molecule has 5 N–H and O–H groups in total. The molecule has 3 rings (SSSR count). The van der Waals surface area contributed by atoms with Crippen LogP contribution in [0.1, 0.15) is 148 Å². The molecule has 0 aromatic carbocycles. The molecule has 3 aliphatic heterocycles. The van der Waals surface area contributed by atoms with Crippen LogP contribution in [-0.4, -0.2) is 126 Å². The van der Waals surface area contributed by atoms with E-state index >= 15 is 0 Å². The minimum Gasteiger partial charge on any atom is -0.748 e. The van der Waals surface area contributed by atoms with Gasteiger partial charge >= 0.3 is 53.5 Å². The first-order chi connectivity index (χ1) is 28.4. The number of hydrogen-bond acceptors (Lipinski definition) is 16. The summed E-state index contributed by atoms with van der Waals surface area (Å²) in [6.07, 6.45) is 12.4. The zero-order chi connectivity index (χ0) is 42.9. The number of urea groups is 1. The van der Waals surface area contributed by atoms with Gasteiger partial charge in [-0.15, -0.1) is 0 Å². The smallest absolute Gasteiger partial charge is 0.748 e. The third-order valence-corrected chi connectivity index (χ3v) is 13.0. The first kappa shape index (κ1) is 54.9. The number of fused-ring (bicyclic) bond motifs is 1. The van der Waals surface area contributed by atoms with Crippen molar-refractivity contribution < 1.29 is 95.7 Å². The summed E-state index contributed by atoms with van der Waals surface area (Å²) in [5.41, 5.74) is 2.37. The molecule has 8 atom stereocenters. The summed E-state index contributed by atoms with van der Waals surface area (Å²) >= 11 is 1.79. The summed E-state index contributed by atoms with van der Waals surface area (Å²) in [7, 11) is -4.93. The fourth-order valence-corrected chi connectivity index (χ4v) is 9.70. The van der Waals surface area contributed by atoms with Crippen molar-refractivity contribution in [1.29, 1.82) is 0 Å². The Kier molecular flexibility index (Phi) is 28.9. The van der Waals surface area contributed by atoms with Crippen LogP contribution in [-0.2, 0) is 48.3 Å². The summed E-state index contributed by atoms with van der Waals surface area (Å²) in [6, 6.07) is 0.0718. The van der Waals surface area contributed by atoms with E-state index in [0.29, 0.717) is 12.8 Å². The molecule has 0 bridgehead atoms. The fraction of sp³-hybridized carbons (Fsp3) is 0.900. The fourth-order valence-electron chi connectivity index (χ4n) is 7.49. The van der Waals surface area contributed by atoms with Crippen molar-refractivity contribution in [3.8, 4) is 0 Å². The standard InChI is InChI=1S/C40H71N3O14S2.Na/c1-2-3-4-5-6-7-8-9-10-11-12-13-14-15-16-21-32(44)53-25-19-26-54-39-37(48)36(47)38(30(55-39)28-59(50,51)52)56-33(45)23-24-41-57-34(46)22-18-17-20-31-35-29(27-58-31)42-40(49)43-35;/h29-31,35-39,41,47-48H,2-28H2,1H3,(H2,42,43,49)(H,50,51,52);/q;+1/p-1/t29-,30?,31-,35-,36?,37?,38?,39?;/m0./s1. The molecule has 17 nitrogen and oxygen atoms in total. The van der Waals surface area contributed by atoms with E-state index in [9.17, 15) is 42.4 Å². The molecule has 3 heterocycles. The first-order valence-corrected chi connectivity index (χ1v) is 24.5. The van der Waals surface area contributed by atoms with E-state index in [2.05, 4.69) is 23.0 Å². The summed E-state index contributed by atoms with van der Waals surface area (Å²) < 4.78 is 56.3. The molecule has 5 unspecified atom stereocenters. The maximum atomic E-state index is 12.6. The molecule has 0 saturated carbocycles. The Labute approximate surface area is 383 Å². The van der Waals surface area contributed by atoms with E-state index in [0.717, 1.165) is 37.9 Å². The number of carbonyl (C=O) groups excluding carboxylic acids is 4. The summed E-state index contributed by atoms with van der Waals surface area (Å²) in [5.74, 6) is -2.14. The number of nitrogens with one attached hydrogen (secondary N) is 3. The van der Waals surface area contributed by atoms with Gasteiger partial charge in [0.05, 0.1) is 47.6 Å². The van der Waals surface area contributed by atoms with Crippen LogP contribution in [0.4, 0.5) is 4.79 Å². The Morgan fingerprint density at radius 2 is 1.40 bits per heavy atom. The van der Waals surface area contributed by atoms with Crippen molar-refractivity contribution in [2.75, 3.05) is 31.3 Å². The van der Waals surface area contributed by atoms with Crippen molar-refractivity contribution in [1.82, 2.24) is 16.1 Å². The number of unbranched alkanes of at least 4 members (excludes halogenated alkanes) is 15. The second kappa shape index (κ2) is 31.6. The Bertz CT molecular complexity index is 1350. The molecule has 2 amide bonds. The van der Waals surface area contributed by atoms with Gasteiger partial charge in [0.1, 0.15) is 18.3 Å². The van der Waals surface area contributed by atoms with Gasteiger partial charge in [-0.2, -0.15) is 17.2 Å². The largest absolute Gasteiger partial charge is 1.00 e. The third kappa shape index (κ3) is 22.9. The van der Waals surface area contributed by atoms with Gasteiger partial charge in [-0.3, -0.25) is 14.4 Å². The number of ether oxygens (including phenoxy) is 4. The van der Waals surface area contributed by atoms with Crippen LogP contribution in [0.3, 0.4) is 0 Å². The van der Waals surface area contributed by atoms with Crippen molar-refractivity contribution in [2.45, 2.75) is 196 Å². The van der Waals surface area contributed by atoms with Crippen molar-refractivity contribution in [2.24, 2.45) is 0 Å². The number of aliphatic hydroxyl groups excluding tert-OH is 2. The molecule has 20 heteroatoms. The summed E-state index contributed by atoms with van der Waals surface area (Å²) in [4.78, 5) is 53.3. The maximum absolute atomic E-state index is 12.6. The van der Waals surface area contributed by atoms with Crippen LogP contribution in [0.5, 0.6) is 0 Å². The van der Waals surface area contributed by atoms with Crippen molar-refractivity contribution in [3.05, 3.63) is 0 Å². The van der Waals surface area contributed by atoms with Gasteiger partial charge < -0.3 is 49.2 Å². The molecule has 342 valence electrons. The molecule has 3 saturated heterocycles. The van der Waals surface area contributed by atoms with Crippen molar-refractivity contribution in [3.63, 3.8) is 0 Å². The number of hydrogen-bond donors (Lipinski definition) is 5. The van der Waals surface area contributed by atoms with Crippen LogP contribution in [0, 0.1) is 0 Å². The summed E-state index contributed by atoms with van der Waals surface area (Å²) in [6.45, 7) is 2.01. The number of rotatable bonds is 33. The average Bonchev–Trinajstić information content (AvgIpc) is 3.75. The second-order valence-corrected chi connectivity index (χ2v) is 18.6. The van der Waals surface area contributed by atoms with E-state index in [1.165, 1.54) is 77.0 Å². The average molecular weight is 904 g/mol. The number of amides is 2. The van der Waals surface area contributed by atoms with E-state index in [-0.39, 0.29) is 97.9 Å². The van der Waals surface area contributed by atoms with Gasteiger partial charge in [0.15, 0.2) is 12.4 Å². The molecule has 0 aromatic heterocycles. The number of thioether (sulfide) groups is 1. The zero-order valence-corrected chi connectivity index (χ0v) is 39.5. The molecule has 0 spiro atoms. The van der Waals surface area contributed by atoms with E-state index < -0.39 is 58.5 Å². The number of esters is 2. The minimum atomic E-state index is -4.93. The van der Waals surface area contributed by atoms with E-state index in [1.807, 2.05) is 0 Å². The van der Waals surface area contributed by atoms with Gasteiger partial charge in [0.2, 0.25) is 0 Å². The Morgan fingerprint density at radius 3 is 2.03 bits per heavy atom. The Balaban J connectivity index is 0.0000124. The first-order valence-electron chi connectivity index (χ1n) is 21.9. The van der Waals surface area contributed by atoms with Crippen LogP contribution in [0.25, 0.3) is 0 Å². The van der Waals surface area contributed by atoms with Gasteiger partial charge in [-0.25, -0.2) is 13.2 Å². The quantitative estimate of drug-likeness (QED) is 0.0118. The third-order valence-electron chi connectivity index (χ3n) is 10.8. The number of carbonyl (C=O) groups is 4. The summed E-state index contributed by atoms with van der Waals surface area (Å²) in [5, 5.41) is 27.5. The molecular formula is C40H70N3NaO14S2. The van der Waals surface area contributed by atoms with Crippen LogP contribution in [0.2, 0.25) is 0 Å². The topological polar surface area (TPSA) is 248 Å². The molecule has 0 aliphatic carbocycles. The molecule has 3 aliphatic rings. The van der Waals surface area contributed by atoms with Crippen molar-refractivity contribution >= 4 is 45.8 Å². The van der Waals surface area contributed by atoms with Gasteiger partial charge in [0, 0.05) is 36.8 Å². The molecule has 0 aromatic rings. The monoisotopic (exact) mass is 903 g/mol. The van der Waals surface area contributed by atoms with E-state index in [1.54, 1.807) is 11.8 Å². The number of aliphatic hydroxyl groups is 2. The normalized spacial score (nSPS) is 24.8. The molecular weight excluding hydrogens is 834 g/mol. The number of hydroxylamine groups is 1. The van der Waals surface area contributed by atoms with Gasteiger partial charge in [-0.1, -0.05) is 103 Å². The van der Waals surface area contributed by atoms with Crippen LogP contribution < -0.4 is 45.7 Å².